The molecule has 7 heteroatoms. The molecule has 2 aromatic carbocycles. The van der Waals surface area contributed by atoms with Gasteiger partial charge in [-0.1, -0.05) is 40.2 Å². The first kappa shape index (κ1) is 20.0. The van der Waals surface area contributed by atoms with Crippen molar-refractivity contribution in [2.45, 2.75) is 12.6 Å². The van der Waals surface area contributed by atoms with Gasteiger partial charge in [-0.2, -0.15) is 0 Å². The molecule has 1 aliphatic rings. The summed E-state index contributed by atoms with van der Waals surface area (Å²) in [6, 6.07) is 16.6. The summed E-state index contributed by atoms with van der Waals surface area (Å²) in [7, 11) is 1.56. The van der Waals surface area contributed by atoms with Crippen LogP contribution < -0.4 is 4.74 Å². The van der Waals surface area contributed by atoms with Gasteiger partial charge in [-0.3, -0.25) is 9.59 Å². The number of carbonyl (C=O) groups is 2. The quantitative estimate of drug-likeness (QED) is 0.335. The molecule has 1 unspecified atom stereocenters. The standard InChI is InChI=1S/C23H18BrNO5/c1-29-17-5-2-4-14(12-17)13-25-20(18-6-3-11-30-18)19(22(27)23(25)28)21(26)15-7-9-16(24)10-8-15/h2-12,20,26H,13H2,1H3/b21-19-. The molecule has 1 N–H and O–H groups in total. The van der Waals surface area contributed by atoms with Crippen LogP contribution in [0.5, 0.6) is 5.75 Å². The Morgan fingerprint density at radius 3 is 2.57 bits per heavy atom. The van der Waals surface area contributed by atoms with Crippen LogP contribution in [0, 0.1) is 0 Å². The number of hydrogen-bond acceptors (Lipinski definition) is 5. The molecule has 152 valence electrons. The normalized spacial score (nSPS) is 18.1. The van der Waals surface area contributed by atoms with E-state index in [0.29, 0.717) is 17.1 Å². The number of ketones is 1. The molecule has 0 radical (unpaired) electrons. The Labute approximate surface area is 181 Å². The first-order valence-electron chi connectivity index (χ1n) is 9.20. The molecule has 1 amide bonds. The van der Waals surface area contributed by atoms with Crippen molar-refractivity contribution in [2.75, 3.05) is 7.11 Å². The molecule has 1 atom stereocenters. The lowest BCUT2D eigenvalue weighted by molar-refractivity contribution is -0.140. The highest BCUT2D eigenvalue weighted by Gasteiger charge is 2.47. The Balaban J connectivity index is 1.80. The molecule has 1 fully saturated rings. The van der Waals surface area contributed by atoms with Gasteiger partial charge >= 0.3 is 0 Å². The van der Waals surface area contributed by atoms with Gasteiger partial charge in [-0.15, -0.1) is 0 Å². The van der Waals surface area contributed by atoms with E-state index in [0.717, 1.165) is 10.0 Å². The third-order valence-corrected chi connectivity index (χ3v) is 5.49. The molecule has 0 bridgehead atoms. The number of carbonyl (C=O) groups excluding carboxylic acids is 2. The zero-order valence-electron chi connectivity index (χ0n) is 16.0. The van der Waals surface area contributed by atoms with E-state index in [2.05, 4.69) is 15.9 Å². The molecule has 1 aromatic heterocycles. The van der Waals surface area contributed by atoms with Gasteiger partial charge in [-0.05, 0) is 42.0 Å². The predicted molar refractivity (Wildman–Crippen MR) is 114 cm³/mol. The molecule has 0 spiro atoms. The van der Waals surface area contributed by atoms with Crippen LogP contribution in [0.3, 0.4) is 0 Å². The fourth-order valence-corrected chi connectivity index (χ4v) is 3.78. The van der Waals surface area contributed by atoms with E-state index in [1.807, 2.05) is 12.1 Å². The van der Waals surface area contributed by atoms with Crippen molar-refractivity contribution in [3.63, 3.8) is 0 Å². The summed E-state index contributed by atoms with van der Waals surface area (Å²) < 4.78 is 11.6. The number of aliphatic hydroxyl groups excluding tert-OH is 1. The Kier molecular flexibility index (Phi) is 5.46. The van der Waals surface area contributed by atoms with Crippen LogP contribution in [0.2, 0.25) is 0 Å². The van der Waals surface area contributed by atoms with E-state index in [1.54, 1.807) is 55.6 Å². The Morgan fingerprint density at radius 2 is 1.90 bits per heavy atom. The van der Waals surface area contributed by atoms with Crippen LogP contribution in [-0.2, 0) is 16.1 Å². The maximum absolute atomic E-state index is 12.9. The summed E-state index contributed by atoms with van der Waals surface area (Å²) >= 11 is 3.35. The molecule has 30 heavy (non-hydrogen) atoms. The summed E-state index contributed by atoms with van der Waals surface area (Å²) in [6.45, 7) is 0.157. The van der Waals surface area contributed by atoms with Crippen LogP contribution in [0.1, 0.15) is 22.9 Å². The Hall–Kier alpha value is -3.32. The van der Waals surface area contributed by atoms with E-state index in [4.69, 9.17) is 9.15 Å². The Morgan fingerprint density at radius 1 is 1.13 bits per heavy atom. The second-order valence-electron chi connectivity index (χ2n) is 6.80. The molecule has 0 saturated carbocycles. The van der Waals surface area contributed by atoms with E-state index in [1.165, 1.54) is 11.2 Å². The average Bonchev–Trinajstić information content (AvgIpc) is 3.37. The first-order chi connectivity index (χ1) is 14.5. The van der Waals surface area contributed by atoms with Crippen LogP contribution in [0.4, 0.5) is 0 Å². The van der Waals surface area contributed by atoms with Crippen LogP contribution >= 0.6 is 15.9 Å². The van der Waals surface area contributed by atoms with Gasteiger partial charge in [0.1, 0.15) is 23.3 Å². The zero-order chi connectivity index (χ0) is 21.3. The monoisotopic (exact) mass is 467 g/mol. The summed E-state index contributed by atoms with van der Waals surface area (Å²) in [5.74, 6) is -0.641. The van der Waals surface area contributed by atoms with E-state index in [9.17, 15) is 14.7 Å². The van der Waals surface area contributed by atoms with E-state index in [-0.39, 0.29) is 17.9 Å². The second-order valence-corrected chi connectivity index (χ2v) is 7.72. The molecule has 1 aliphatic heterocycles. The number of amides is 1. The lowest BCUT2D eigenvalue weighted by atomic mass is 9.99. The highest BCUT2D eigenvalue weighted by Crippen LogP contribution is 2.40. The number of ether oxygens (including phenoxy) is 1. The number of rotatable bonds is 5. The fourth-order valence-electron chi connectivity index (χ4n) is 3.52. The van der Waals surface area contributed by atoms with E-state index < -0.39 is 17.7 Å². The lowest BCUT2D eigenvalue weighted by Crippen LogP contribution is -2.29. The Bertz CT molecular complexity index is 1120. The predicted octanol–water partition coefficient (Wildman–Crippen LogP) is 4.67. The topological polar surface area (TPSA) is 80.0 Å². The number of methoxy groups -OCH3 is 1. The van der Waals surface area contributed by atoms with Crippen LogP contribution in [-0.4, -0.2) is 28.8 Å². The number of aliphatic hydroxyl groups is 1. The summed E-state index contributed by atoms with van der Waals surface area (Å²) in [5.41, 5.74) is 1.23. The molecule has 4 rings (SSSR count). The minimum absolute atomic E-state index is 0.000156. The molecule has 6 nitrogen and oxygen atoms in total. The summed E-state index contributed by atoms with van der Waals surface area (Å²) in [5, 5.41) is 10.9. The smallest absolute Gasteiger partial charge is 0.296 e. The van der Waals surface area contributed by atoms with Crippen molar-refractivity contribution in [3.8, 4) is 5.75 Å². The number of hydrogen-bond donors (Lipinski definition) is 1. The summed E-state index contributed by atoms with van der Waals surface area (Å²) in [4.78, 5) is 27.3. The molecule has 2 heterocycles. The molecule has 0 aliphatic carbocycles. The maximum Gasteiger partial charge on any atom is 0.296 e. The van der Waals surface area contributed by atoms with Gasteiger partial charge in [0.2, 0.25) is 0 Å². The average molecular weight is 468 g/mol. The molecule has 3 aromatic rings. The van der Waals surface area contributed by atoms with Crippen molar-refractivity contribution in [2.24, 2.45) is 0 Å². The number of likely N-dealkylation sites (tertiary alicyclic amines) is 1. The molecular formula is C23H18BrNO5. The maximum atomic E-state index is 12.9. The van der Waals surface area contributed by atoms with Gasteiger partial charge < -0.3 is 19.2 Å². The van der Waals surface area contributed by atoms with Crippen molar-refractivity contribution < 1.29 is 23.8 Å². The number of nitrogens with zero attached hydrogens (tertiary/aromatic N) is 1. The van der Waals surface area contributed by atoms with Crippen LogP contribution in [0.25, 0.3) is 5.76 Å². The number of furan rings is 1. The van der Waals surface area contributed by atoms with Crippen molar-refractivity contribution in [1.29, 1.82) is 0 Å². The first-order valence-corrected chi connectivity index (χ1v) is 9.99. The second kappa shape index (κ2) is 8.20. The highest BCUT2D eigenvalue weighted by atomic mass is 79.9. The fraction of sp³-hybridized carbons (Fsp3) is 0.130. The van der Waals surface area contributed by atoms with Gasteiger partial charge in [0.15, 0.2) is 0 Å². The van der Waals surface area contributed by atoms with Gasteiger partial charge in [0.05, 0.1) is 18.9 Å². The highest BCUT2D eigenvalue weighted by molar-refractivity contribution is 9.10. The van der Waals surface area contributed by atoms with Gasteiger partial charge in [0, 0.05) is 16.6 Å². The lowest BCUT2D eigenvalue weighted by Gasteiger charge is -2.23. The van der Waals surface area contributed by atoms with Crippen molar-refractivity contribution >= 4 is 33.4 Å². The number of halogens is 1. The summed E-state index contributed by atoms with van der Waals surface area (Å²) in [6.07, 6.45) is 1.47. The molecular weight excluding hydrogens is 450 g/mol. The number of benzene rings is 2. The zero-order valence-corrected chi connectivity index (χ0v) is 17.6. The minimum atomic E-state index is -0.838. The SMILES string of the molecule is COc1cccc(CN2C(=O)C(=O)/C(=C(\O)c3ccc(Br)cc3)C2c2ccco2)c1. The van der Waals surface area contributed by atoms with Crippen molar-refractivity contribution in [3.05, 3.63) is 93.9 Å². The third-order valence-electron chi connectivity index (χ3n) is 4.96. The van der Waals surface area contributed by atoms with Crippen LogP contribution in [0.15, 0.2) is 81.4 Å². The molecule has 1 saturated heterocycles. The third kappa shape index (κ3) is 3.64. The van der Waals surface area contributed by atoms with Gasteiger partial charge in [-0.25, -0.2) is 0 Å². The number of Topliss-reactive ketones (excluding diaryl/α,β-unsaturated/α-hetero) is 1. The largest absolute Gasteiger partial charge is 0.507 e. The van der Waals surface area contributed by atoms with Gasteiger partial charge in [0.25, 0.3) is 11.7 Å². The van der Waals surface area contributed by atoms with E-state index >= 15 is 0 Å². The minimum Gasteiger partial charge on any atom is -0.507 e. The van der Waals surface area contributed by atoms with Crippen molar-refractivity contribution in [1.82, 2.24) is 4.90 Å².